The first-order chi connectivity index (χ1) is 13.7. The zero-order chi connectivity index (χ0) is 19.5. The van der Waals surface area contributed by atoms with Crippen LogP contribution in [0.4, 0.5) is 0 Å². The molecule has 0 atom stereocenters. The fourth-order valence-electron chi connectivity index (χ4n) is 3.74. The van der Waals surface area contributed by atoms with Crippen molar-refractivity contribution in [2.24, 2.45) is 0 Å². The van der Waals surface area contributed by atoms with E-state index in [1.165, 1.54) is 5.56 Å². The maximum Gasteiger partial charge on any atom is 0.0991 e. The van der Waals surface area contributed by atoms with Crippen molar-refractivity contribution in [3.05, 3.63) is 71.7 Å². The first-order valence-corrected chi connectivity index (χ1v) is 9.74. The summed E-state index contributed by atoms with van der Waals surface area (Å²) >= 11 is 0. The highest BCUT2D eigenvalue weighted by Crippen LogP contribution is 2.30. The Bertz CT molecular complexity index is 1080. The summed E-state index contributed by atoms with van der Waals surface area (Å²) in [4.78, 5) is 8.87. The molecule has 0 aliphatic heterocycles. The number of rotatable bonds is 7. The highest BCUT2D eigenvalue weighted by atomic mass is 16.2. The third-order valence-electron chi connectivity index (χ3n) is 5.01. The Hall–Kier alpha value is -2.99. The molecule has 0 saturated heterocycles. The molecule has 0 saturated carbocycles. The average molecular weight is 375 g/mol. The van der Waals surface area contributed by atoms with Gasteiger partial charge in [-0.3, -0.25) is 9.67 Å². The van der Waals surface area contributed by atoms with Crippen molar-refractivity contribution in [3.63, 3.8) is 0 Å². The normalized spacial score (nSPS) is 11.4. The Balaban J connectivity index is 1.92. The van der Waals surface area contributed by atoms with Crippen LogP contribution in [0.1, 0.15) is 36.0 Å². The minimum atomic E-state index is 0.180. The van der Waals surface area contributed by atoms with Gasteiger partial charge in [-0.1, -0.05) is 19.1 Å². The van der Waals surface area contributed by atoms with Crippen molar-refractivity contribution < 1.29 is 5.11 Å². The highest BCUT2D eigenvalue weighted by molar-refractivity contribution is 5.93. The number of hydrogen-bond acceptors (Lipinski definition) is 4. The van der Waals surface area contributed by atoms with Gasteiger partial charge < -0.3 is 9.67 Å². The van der Waals surface area contributed by atoms with Gasteiger partial charge in [-0.2, -0.15) is 5.10 Å². The fourth-order valence-corrected chi connectivity index (χ4v) is 3.74. The van der Waals surface area contributed by atoms with Gasteiger partial charge in [-0.25, -0.2) is 4.98 Å². The second-order valence-electron chi connectivity index (χ2n) is 6.99. The van der Waals surface area contributed by atoms with Crippen LogP contribution in [-0.4, -0.2) is 36.0 Å². The molecule has 0 fully saturated rings. The van der Waals surface area contributed by atoms with Crippen molar-refractivity contribution in [1.82, 2.24) is 24.3 Å². The van der Waals surface area contributed by atoms with Crippen LogP contribution >= 0.6 is 0 Å². The van der Waals surface area contributed by atoms with Crippen LogP contribution in [0, 0.1) is 6.92 Å². The molecule has 3 heterocycles. The number of benzene rings is 1. The standard InChI is InChI=1S/C22H25N5O/c1-3-19-21-20(26-12-11-23-15-26)10-9-17(7-5-13-28)22(21)27(25-19)14-18-8-4-6-16(2)24-18/h4,6,8-12,15,28H,3,5,7,13-14H2,1-2H3. The molecule has 6 heteroatoms. The molecule has 3 aromatic heterocycles. The third kappa shape index (κ3) is 3.43. The first-order valence-electron chi connectivity index (χ1n) is 9.74. The molecule has 0 amide bonds. The number of hydrogen-bond donors (Lipinski definition) is 1. The summed E-state index contributed by atoms with van der Waals surface area (Å²) < 4.78 is 4.11. The lowest BCUT2D eigenvalue weighted by atomic mass is 10.0. The minimum absolute atomic E-state index is 0.180. The monoisotopic (exact) mass is 375 g/mol. The van der Waals surface area contributed by atoms with Crippen molar-refractivity contribution in [1.29, 1.82) is 0 Å². The Kier molecular flexibility index (Phi) is 5.21. The Morgan fingerprint density at radius 2 is 2.04 bits per heavy atom. The van der Waals surface area contributed by atoms with Gasteiger partial charge in [0, 0.05) is 30.1 Å². The maximum atomic E-state index is 9.35. The number of fused-ring (bicyclic) bond motifs is 1. The van der Waals surface area contributed by atoms with Crippen molar-refractivity contribution in [2.45, 2.75) is 39.7 Å². The number of aliphatic hydroxyl groups excluding tert-OH is 1. The van der Waals surface area contributed by atoms with Crippen LogP contribution in [-0.2, 0) is 19.4 Å². The lowest BCUT2D eigenvalue weighted by Crippen LogP contribution is -2.06. The number of aryl methyl sites for hydroxylation is 3. The summed E-state index contributed by atoms with van der Waals surface area (Å²) in [6.07, 6.45) is 7.96. The van der Waals surface area contributed by atoms with Gasteiger partial charge in [0.25, 0.3) is 0 Å². The zero-order valence-corrected chi connectivity index (χ0v) is 16.3. The van der Waals surface area contributed by atoms with Gasteiger partial charge in [-0.15, -0.1) is 0 Å². The zero-order valence-electron chi connectivity index (χ0n) is 16.3. The van der Waals surface area contributed by atoms with E-state index in [0.29, 0.717) is 6.54 Å². The van der Waals surface area contributed by atoms with Gasteiger partial charge >= 0.3 is 0 Å². The molecule has 144 valence electrons. The van der Waals surface area contributed by atoms with Gasteiger partial charge in [0.05, 0.1) is 35.5 Å². The molecule has 0 aliphatic carbocycles. The Morgan fingerprint density at radius 3 is 2.75 bits per heavy atom. The van der Waals surface area contributed by atoms with Crippen LogP contribution in [0.2, 0.25) is 0 Å². The van der Waals surface area contributed by atoms with Crippen LogP contribution in [0.5, 0.6) is 0 Å². The molecule has 0 aliphatic rings. The topological polar surface area (TPSA) is 68.8 Å². The molecule has 0 bridgehead atoms. The van der Waals surface area contributed by atoms with E-state index in [9.17, 15) is 5.11 Å². The van der Waals surface area contributed by atoms with E-state index < -0.39 is 0 Å². The van der Waals surface area contributed by atoms with E-state index in [-0.39, 0.29) is 6.61 Å². The minimum Gasteiger partial charge on any atom is -0.396 e. The highest BCUT2D eigenvalue weighted by Gasteiger charge is 2.18. The molecule has 28 heavy (non-hydrogen) atoms. The smallest absolute Gasteiger partial charge is 0.0991 e. The summed E-state index contributed by atoms with van der Waals surface area (Å²) in [6.45, 7) is 4.94. The molecule has 4 aromatic rings. The second kappa shape index (κ2) is 7.94. The molecular weight excluding hydrogens is 350 g/mol. The summed E-state index contributed by atoms with van der Waals surface area (Å²) in [6, 6.07) is 10.4. The predicted molar refractivity (Wildman–Crippen MR) is 110 cm³/mol. The van der Waals surface area contributed by atoms with Crippen LogP contribution in [0.3, 0.4) is 0 Å². The van der Waals surface area contributed by atoms with Crippen LogP contribution in [0.15, 0.2) is 49.1 Å². The van der Waals surface area contributed by atoms with Crippen LogP contribution in [0.25, 0.3) is 16.6 Å². The number of pyridine rings is 1. The van der Waals surface area contributed by atoms with E-state index in [2.05, 4.69) is 33.7 Å². The molecule has 0 unspecified atom stereocenters. The Labute approximate surface area is 164 Å². The van der Waals surface area contributed by atoms with Crippen molar-refractivity contribution in [3.8, 4) is 5.69 Å². The van der Waals surface area contributed by atoms with E-state index in [4.69, 9.17) is 5.10 Å². The summed E-state index contributed by atoms with van der Waals surface area (Å²) in [5, 5.41) is 15.5. The number of aliphatic hydroxyl groups is 1. The molecule has 1 aromatic carbocycles. The average Bonchev–Trinajstić information content (AvgIpc) is 3.35. The van der Waals surface area contributed by atoms with Crippen LogP contribution < -0.4 is 0 Å². The molecule has 1 N–H and O–H groups in total. The number of nitrogens with zero attached hydrogens (tertiary/aromatic N) is 5. The van der Waals surface area contributed by atoms with Crippen molar-refractivity contribution >= 4 is 10.9 Å². The second-order valence-corrected chi connectivity index (χ2v) is 6.99. The number of aromatic nitrogens is 5. The summed E-state index contributed by atoms with van der Waals surface area (Å²) in [5.74, 6) is 0. The SMILES string of the molecule is CCc1nn(Cc2cccc(C)n2)c2c(CCCO)ccc(-n3ccnc3)c12. The van der Waals surface area contributed by atoms with E-state index >= 15 is 0 Å². The van der Waals surface area contributed by atoms with E-state index in [1.807, 2.05) is 42.2 Å². The van der Waals surface area contributed by atoms with Crippen molar-refractivity contribution in [2.75, 3.05) is 6.61 Å². The quantitative estimate of drug-likeness (QED) is 0.537. The lowest BCUT2D eigenvalue weighted by molar-refractivity contribution is 0.288. The lowest BCUT2D eigenvalue weighted by Gasteiger charge is -2.12. The van der Waals surface area contributed by atoms with Gasteiger partial charge in [0.15, 0.2) is 0 Å². The first kappa shape index (κ1) is 18.4. The number of imidazole rings is 1. The fraction of sp³-hybridized carbons (Fsp3) is 0.318. The third-order valence-corrected chi connectivity index (χ3v) is 5.01. The molecule has 6 nitrogen and oxygen atoms in total. The summed E-state index contributed by atoms with van der Waals surface area (Å²) in [7, 11) is 0. The van der Waals surface area contributed by atoms with Gasteiger partial charge in [0.2, 0.25) is 0 Å². The van der Waals surface area contributed by atoms with E-state index in [1.54, 1.807) is 6.20 Å². The predicted octanol–water partition coefficient (Wildman–Crippen LogP) is 3.46. The molecular formula is C22H25N5O. The Morgan fingerprint density at radius 1 is 1.14 bits per heavy atom. The molecule has 0 spiro atoms. The largest absolute Gasteiger partial charge is 0.396 e. The molecule has 0 radical (unpaired) electrons. The van der Waals surface area contributed by atoms with E-state index in [0.717, 1.165) is 52.9 Å². The van der Waals surface area contributed by atoms with Gasteiger partial charge in [0.1, 0.15) is 0 Å². The maximum absolute atomic E-state index is 9.35. The molecule has 4 rings (SSSR count). The van der Waals surface area contributed by atoms with Gasteiger partial charge in [-0.05, 0) is 49.9 Å². The summed E-state index contributed by atoms with van der Waals surface area (Å²) in [5.41, 5.74) is 6.47.